The molecule has 0 spiro atoms. The van der Waals surface area contributed by atoms with Gasteiger partial charge in [-0.25, -0.2) is 0 Å². The molecule has 0 fully saturated rings. The Kier molecular flexibility index (Phi) is 1.56. The molecule has 1 nitrogen and oxygen atoms in total. The molecule has 1 aliphatic heterocycles. The Balaban J connectivity index is 2.45. The first-order valence-corrected chi connectivity index (χ1v) is 3.12. The van der Waals surface area contributed by atoms with E-state index in [2.05, 4.69) is 13.0 Å². The van der Waals surface area contributed by atoms with E-state index in [-0.39, 0.29) is 0 Å². The largest absolute Gasteiger partial charge is 0.496 e. The SMILES string of the molecule is CC1=CCCC(C)O1. The van der Waals surface area contributed by atoms with Crippen molar-refractivity contribution >= 4 is 0 Å². The van der Waals surface area contributed by atoms with Gasteiger partial charge in [0.15, 0.2) is 0 Å². The average Bonchev–Trinajstić information content (AvgIpc) is 1.64. The van der Waals surface area contributed by atoms with E-state index in [1.807, 2.05) is 6.92 Å². The molecule has 0 bridgehead atoms. The fourth-order valence-corrected chi connectivity index (χ4v) is 0.946. The van der Waals surface area contributed by atoms with Gasteiger partial charge in [0.2, 0.25) is 0 Å². The van der Waals surface area contributed by atoms with Crippen molar-refractivity contribution in [2.75, 3.05) is 0 Å². The van der Waals surface area contributed by atoms with Crippen LogP contribution in [0.4, 0.5) is 0 Å². The van der Waals surface area contributed by atoms with E-state index >= 15 is 0 Å². The minimum atomic E-state index is 0.444. The Hall–Kier alpha value is -0.460. The maximum atomic E-state index is 5.35. The topological polar surface area (TPSA) is 9.23 Å². The normalized spacial score (nSPS) is 28.8. The highest BCUT2D eigenvalue weighted by atomic mass is 16.5. The number of ether oxygens (including phenoxy) is 1. The predicted octanol–water partition coefficient (Wildman–Crippen LogP) is 2.09. The van der Waals surface area contributed by atoms with Crippen LogP contribution in [-0.2, 0) is 4.74 Å². The van der Waals surface area contributed by atoms with Crippen LogP contribution in [0.25, 0.3) is 0 Å². The van der Waals surface area contributed by atoms with Crippen LogP contribution in [-0.4, -0.2) is 6.10 Å². The zero-order valence-corrected chi connectivity index (χ0v) is 5.48. The third-order valence-corrected chi connectivity index (χ3v) is 1.39. The van der Waals surface area contributed by atoms with Gasteiger partial charge in [0.05, 0.1) is 11.9 Å². The summed E-state index contributed by atoms with van der Waals surface area (Å²) in [4.78, 5) is 0. The van der Waals surface area contributed by atoms with Gasteiger partial charge in [-0.3, -0.25) is 0 Å². The predicted molar refractivity (Wildman–Crippen MR) is 33.5 cm³/mol. The lowest BCUT2D eigenvalue weighted by Gasteiger charge is -2.18. The molecular formula is C7H12O. The maximum Gasteiger partial charge on any atom is 0.0957 e. The zero-order chi connectivity index (χ0) is 5.98. The Morgan fingerprint density at radius 3 is 2.88 bits per heavy atom. The van der Waals surface area contributed by atoms with Gasteiger partial charge in [-0.1, -0.05) is 0 Å². The first-order valence-electron chi connectivity index (χ1n) is 3.12. The second-order valence-electron chi connectivity index (χ2n) is 2.32. The van der Waals surface area contributed by atoms with Gasteiger partial charge in [0, 0.05) is 0 Å². The summed E-state index contributed by atoms with van der Waals surface area (Å²) in [7, 11) is 0. The highest BCUT2D eigenvalue weighted by Gasteiger charge is 2.06. The third-order valence-electron chi connectivity index (χ3n) is 1.39. The molecule has 8 heavy (non-hydrogen) atoms. The molecule has 1 unspecified atom stereocenters. The Morgan fingerprint density at radius 2 is 2.50 bits per heavy atom. The van der Waals surface area contributed by atoms with Crippen molar-refractivity contribution < 1.29 is 4.74 Å². The van der Waals surface area contributed by atoms with Crippen LogP contribution in [0.2, 0.25) is 0 Å². The molecule has 0 aromatic heterocycles. The molecular weight excluding hydrogens is 100 g/mol. The summed E-state index contributed by atoms with van der Waals surface area (Å²) >= 11 is 0. The molecule has 0 saturated heterocycles. The van der Waals surface area contributed by atoms with Crippen LogP contribution in [0.1, 0.15) is 26.7 Å². The summed E-state index contributed by atoms with van der Waals surface area (Å²) in [5.74, 6) is 1.09. The molecule has 0 amide bonds. The van der Waals surface area contributed by atoms with Crippen LogP contribution >= 0.6 is 0 Å². The van der Waals surface area contributed by atoms with Gasteiger partial charge in [-0.2, -0.15) is 0 Å². The molecule has 0 aliphatic carbocycles. The van der Waals surface area contributed by atoms with E-state index in [1.165, 1.54) is 12.8 Å². The molecule has 0 saturated carbocycles. The first kappa shape index (κ1) is 5.67. The van der Waals surface area contributed by atoms with E-state index in [0.29, 0.717) is 6.10 Å². The summed E-state index contributed by atoms with van der Waals surface area (Å²) in [5.41, 5.74) is 0. The second kappa shape index (κ2) is 2.21. The Morgan fingerprint density at radius 1 is 1.75 bits per heavy atom. The van der Waals surface area contributed by atoms with Crippen LogP contribution in [0.5, 0.6) is 0 Å². The van der Waals surface area contributed by atoms with E-state index in [0.717, 1.165) is 5.76 Å². The smallest absolute Gasteiger partial charge is 0.0957 e. The molecule has 1 rings (SSSR count). The standard InChI is InChI=1S/C7H12O/c1-6-4-3-5-7(2)8-6/h4,7H,3,5H2,1-2H3. The summed E-state index contributed by atoms with van der Waals surface area (Å²) in [6.07, 6.45) is 4.95. The maximum absolute atomic E-state index is 5.35. The van der Waals surface area contributed by atoms with E-state index in [1.54, 1.807) is 0 Å². The highest BCUT2D eigenvalue weighted by Crippen LogP contribution is 2.14. The minimum absolute atomic E-state index is 0.444. The lowest BCUT2D eigenvalue weighted by molar-refractivity contribution is 0.112. The van der Waals surface area contributed by atoms with Crippen LogP contribution < -0.4 is 0 Å². The lowest BCUT2D eigenvalue weighted by atomic mass is 10.1. The van der Waals surface area contributed by atoms with Gasteiger partial charge in [0.25, 0.3) is 0 Å². The number of hydrogen-bond donors (Lipinski definition) is 0. The first-order chi connectivity index (χ1) is 3.79. The number of rotatable bonds is 0. The zero-order valence-electron chi connectivity index (χ0n) is 5.48. The molecule has 1 heteroatoms. The third kappa shape index (κ3) is 1.25. The minimum Gasteiger partial charge on any atom is -0.496 e. The molecule has 0 aromatic carbocycles. The molecule has 1 heterocycles. The van der Waals surface area contributed by atoms with Gasteiger partial charge in [-0.05, 0) is 32.8 Å². The van der Waals surface area contributed by atoms with Crippen LogP contribution in [0, 0.1) is 0 Å². The monoisotopic (exact) mass is 112 g/mol. The molecule has 46 valence electrons. The highest BCUT2D eigenvalue weighted by molar-refractivity contribution is 4.92. The van der Waals surface area contributed by atoms with Crippen LogP contribution in [0.15, 0.2) is 11.8 Å². The van der Waals surface area contributed by atoms with Crippen molar-refractivity contribution in [3.8, 4) is 0 Å². The van der Waals surface area contributed by atoms with Crippen molar-refractivity contribution in [3.05, 3.63) is 11.8 Å². The summed E-state index contributed by atoms with van der Waals surface area (Å²) in [5, 5.41) is 0. The Bertz CT molecular complexity index is 105. The van der Waals surface area contributed by atoms with Crippen molar-refractivity contribution in [1.82, 2.24) is 0 Å². The molecule has 0 radical (unpaired) electrons. The van der Waals surface area contributed by atoms with Crippen molar-refractivity contribution in [2.45, 2.75) is 32.8 Å². The van der Waals surface area contributed by atoms with Gasteiger partial charge in [-0.15, -0.1) is 0 Å². The van der Waals surface area contributed by atoms with Gasteiger partial charge in [0.1, 0.15) is 0 Å². The second-order valence-corrected chi connectivity index (χ2v) is 2.32. The van der Waals surface area contributed by atoms with Crippen molar-refractivity contribution in [2.24, 2.45) is 0 Å². The summed E-state index contributed by atoms with van der Waals surface area (Å²) < 4.78 is 5.35. The Labute approximate surface area is 50.3 Å². The van der Waals surface area contributed by atoms with Gasteiger partial charge < -0.3 is 4.74 Å². The molecule has 1 atom stereocenters. The summed E-state index contributed by atoms with van der Waals surface area (Å²) in [6.45, 7) is 4.12. The lowest BCUT2D eigenvalue weighted by Crippen LogP contribution is -2.09. The van der Waals surface area contributed by atoms with E-state index < -0.39 is 0 Å². The average molecular weight is 112 g/mol. The van der Waals surface area contributed by atoms with E-state index in [4.69, 9.17) is 4.74 Å². The molecule has 0 aromatic rings. The quantitative estimate of drug-likeness (QED) is 0.466. The van der Waals surface area contributed by atoms with Crippen molar-refractivity contribution in [3.63, 3.8) is 0 Å². The fourth-order valence-electron chi connectivity index (χ4n) is 0.946. The van der Waals surface area contributed by atoms with E-state index in [9.17, 15) is 0 Å². The van der Waals surface area contributed by atoms with Crippen LogP contribution in [0.3, 0.4) is 0 Å². The van der Waals surface area contributed by atoms with Crippen molar-refractivity contribution in [1.29, 1.82) is 0 Å². The fraction of sp³-hybridized carbons (Fsp3) is 0.714. The summed E-state index contributed by atoms with van der Waals surface area (Å²) in [6, 6.07) is 0. The molecule has 0 N–H and O–H groups in total. The van der Waals surface area contributed by atoms with Gasteiger partial charge >= 0.3 is 0 Å². The molecule has 1 aliphatic rings. The number of hydrogen-bond acceptors (Lipinski definition) is 1. The number of allylic oxidation sites excluding steroid dienone is 2.